The lowest BCUT2D eigenvalue weighted by Gasteiger charge is -2.19. The van der Waals surface area contributed by atoms with E-state index in [4.69, 9.17) is 5.73 Å². The van der Waals surface area contributed by atoms with Crippen LogP contribution >= 0.6 is 0 Å². The summed E-state index contributed by atoms with van der Waals surface area (Å²) in [5.74, 6) is 0.0168. The highest BCUT2D eigenvalue weighted by Gasteiger charge is 2.20. The third-order valence-corrected chi connectivity index (χ3v) is 3.59. The first-order valence-corrected chi connectivity index (χ1v) is 7.70. The molecule has 8 nitrogen and oxygen atoms in total. The van der Waals surface area contributed by atoms with E-state index in [1.807, 2.05) is 13.8 Å². The van der Waals surface area contributed by atoms with E-state index >= 15 is 0 Å². The summed E-state index contributed by atoms with van der Waals surface area (Å²) in [6, 6.07) is 4.20. The van der Waals surface area contributed by atoms with Gasteiger partial charge in [-0.1, -0.05) is 13.8 Å². The van der Waals surface area contributed by atoms with E-state index in [2.05, 4.69) is 10.3 Å². The first-order chi connectivity index (χ1) is 11.4. The molecule has 0 fully saturated rings. The summed E-state index contributed by atoms with van der Waals surface area (Å²) >= 11 is 0. The van der Waals surface area contributed by atoms with Gasteiger partial charge in [0.05, 0.1) is 11.3 Å². The van der Waals surface area contributed by atoms with Gasteiger partial charge < -0.3 is 15.6 Å². The average Bonchev–Trinajstić information content (AvgIpc) is 3.07. The summed E-state index contributed by atoms with van der Waals surface area (Å²) in [5.41, 5.74) is 6.10. The smallest absolute Gasteiger partial charge is 0.294 e. The summed E-state index contributed by atoms with van der Waals surface area (Å²) in [6.07, 6.45) is 5.35. The van der Waals surface area contributed by atoms with Gasteiger partial charge in [0.15, 0.2) is 0 Å². The number of nitrogens with zero attached hydrogens (tertiary/aromatic N) is 3. The molecule has 0 bridgehead atoms. The minimum Gasteiger partial charge on any atom is -0.348 e. The molecule has 0 saturated heterocycles. The molecule has 1 amide bonds. The van der Waals surface area contributed by atoms with E-state index in [1.165, 1.54) is 29.2 Å². The number of hydrogen-bond acceptors (Lipinski definition) is 5. The molecular weight excluding hydrogens is 310 g/mol. The second kappa shape index (κ2) is 7.69. The Balaban J connectivity index is 2.26. The van der Waals surface area contributed by atoms with Gasteiger partial charge in [-0.3, -0.25) is 14.9 Å². The van der Waals surface area contributed by atoms with Crippen LogP contribution in [0, 0.1) is 16.0 Å². The number of hydrogen-bond donors (Lipinski definition) is 2. The summed E-state index contributed by atoms with van der Waals surface area (Å²) in [4.78, 5) is 27.1. The number of benzene rings is 1. The second-order valence-electron chi connectivity index (χ2n) is 5.97. The fourth-order valence-electron chi connectivity index (χ4n) is 2.48. The van der Waals surface area contributed by atoms with Crippen LogP contribution < -0.4 is 11.1 Å². The van der Waals surface area contributed by atoms with Crippen LogP contribution in [0.4, 0.5) is 5.69 Å². The van der Waals surface area contributed by atoms with Gasteiger partial charge in [0, 0.05) is 36.6 Å². The fraction of sp³-hybridized carbons (Fsp3) is 0.375. The van der Waals surface area contributed by atoms with Crippen LogP contribution in [-0.4, -0.2) is 33.0 Å². The van der Waals surface area contributed by atoms with Crippen molar-refractivity contribution in [3.05, 3.63) is 52.6 Å². The molecular formula is C16H21N5O3. The fourth-order valence-corrected chi connectivity index (χ4v) is 2.48. The molecule has 0 aliphatic heterocycles. The molecule has 24 heavy (non-hydrogen) atoms. The highest BCUT2D eigenvalue weighted by molar-refractivity contribution is 5.95. The zero-order chi connectivity index (χ0) is 17.7. The quantitative estimate of drug-likeness (QED) is 0.593. The molecule has 3 N–H and O–H groups in total. The Morgan fingerprint density at radius 1 is 1.46 bits per heavy atom. The van der Waals surface area contributed by atoms with E-state index in [-0.39, 0.29) is 23.2 Å². The maximum Gasteiger partial charge on any atom is 0.294 e. The molecule has 2 rings (SSSR count). The summed E-state index contributed by atoms with van der Waals surface area (Å²) in [7, 11) is 0. The standard InChI is InChI=1S/C16H21N5O3/c1-11(2)7-13(9-17)19-16(22)12-3-4-14(15(8-12)21(23)24)20-6-5-18-10-20/h3-6,8,10-11,13H,7,9,17H2,1-2H3,(H,19,22). The summed E-state index contributed by atoms with van der Waals surface area (Å²) in [5, 5.41) is 14.2. The van der Waals surface area contributed by atoms with Crippen LogP contribution in [-0.2, 0) is 0 Å². The molecule has 2 aromatic rings. The lowest BCUT2D eigenvalue weighted by molar-refractivity contribution is -0.384. The Hall–Kier alpha value is -2.74. The number of nitrogens with two attached hydrogens (primary N) is 1. The number of nitrogens with one attached hydrogen (secondary N) is 1. The van der Waals surface area contributed by atoms with Crippen LogP contribution in [0.3, 0.4) is 0 Å². The van der Waals surface area contributed by atoms with E-state index in [9.17, 15) is 14.9 Å². The molecule has 1 atom stereocenters. The monoisotopic (exact) mass is 331 g/mol. The number of nitro benzene ring substituents is 1. The Bertz CT molecular complexity index is 713. The molecule has 1 aromatic carbocycles. The number of aromatic nitrogens is 2. The number of amides is 1. The first kappa shape index (κ1) is 17.6. The van der Waals surface area contributed by atoms with Crippen LogP contribution in [0.2, 0.25) is 0 Å². The lowest BCUT2D eigenvalue weighted by atomic mass is 10.0. The Morgan fingerprint density at radius 2 is 2.21 bits per heavy atom. The van der Waals surface area contributed by atoms with Crippen molar-refractivity contribution in [2.45, 2.75) is 26.3 Å². The first-order valence-electron chi connectivity index (χ1n) is 7.70. The minimum absolute atomic E-state index is 0.159. The van der Waals surface area contributed by atoms with Crippen molar-refractivity contribution >= 4 is 11.6 Å². The minimum atomic E-state index is -0.513. The predicted molar refractivity (Wildman–Crippen MR) is 90.0 cm³/mol. The molecule has 0 aliphatic carbocycles. The number of nitro groups is 1. The van der Waals surface area contributed by atoms with Crippen molar-refractivity contribution in [2.24, 2.45) is 11.7 Å². The van der Waals surface area contributed by atoms with Gasteiger partial charge in [-0.25, -0.2) is 4.98 Å². The van der Waals surface area contributed by atoms with Crippen molar-refractivity contribution in [1.82, 2.24) is 14.9 Å². The van der Waals surface area contributed by atoms with Crippen LogP contribution in [0.25, 0.3) is 5.69 Å². The molecule has 0 saturated carbocycles. The largest absolute Gasteiger partial charge is 0.348 e. The zero-order valence-electron chi connectivity index (χ0n) is 13.7. The topological polar surface area (TPSA) is 116 Å². The molecule has 1 unspecified atom stereocenters. The van der Waals surface area contributed by atoms with Gasteiger partial charge in [0.1, 0.15) is 5.69 Å². The molecule has 0 radical (unpaired) electrons. The van der Waals surface area contributed by atoms with Gasteiger partial charge in [0.25, 0.3) is 11.6 Å². The van der Waals surface area contributed by atoms with Gasteiger partial charge >= 0.3 is 0 Å². The normalized spacial score (nSPS) is 12.2. The van der Waals surface area contributed by atoms with Gasteiger partial charge in [-0.15, -0.1) is 0 Å². The highest BCUT2D eigenvalue weighted by atomic mass is 16.6. The number of carbonyl (C=O) groups excluding carboxylic acids is 1. The third kappa shape index (κ3) is 4.17. The van der Waals surface area contributed by atoms with Crippen LogP contribution in [0.15, 0.2) is 36.9 Å². The molecule has 8 heteroatoms. The Kier molecular flexibility index (Phi) is 5.64. The van der Waals surface area contributed by atoms with E-state index in [0.29, 0.717) is 18.2 Å². The summed E-state index contributed by atoms with van der Waals surface area (Å²) in [6.45, 7) is 4.40. The van der Waals surface area contributed by atoms with Crippen molar-refractivity contribution in [3.63, 3.8) is 0 Å². The zero-order valence-corrected chi connectivity index (χ0v) is 13.7. The van der Waals surface area contributed by atoms with E-state index in [1.54, 1.807) is 12.3 Å². The average molecular weight is 331 g/mol. The SMILES string of the molecule is CC(C)CC(CN)NC(=O)c1ccc(-n2ccnc2)c([N+](=O)[O-])c1. The summed E-state index contributed by atoms with van der Waals surface area (Å²) < 4.78 is 1.53. The van der Waals surface area contributed by atoms with Crippen molar-refractivity contribution in [2.75, 3.05) is 6.54 Å². The maximum atomic E-state index is 12.4. The van der Waals surface area contributed by atoms with E-state index < -0.39 is 4.92 Å². The van der Waals surface area contributed by atoms with Crippen molar-refractivity contribution < 1.29 is 9.72 Å². The van der Waals surface area contributed by atoms with Crippen LogP contribution in [0.5, 0.6) is 0 Å². The molecule has 0 spiro atoms. The van der Waals surface area contributed by atoms with Crippen LogP contribution in [0.1, 0.15) is 30.6 Å². The molecule has 128 valence electrons. The third-order valence-electron chi connectivity index (χ3n) is 3.59. The molecule has 1 heterocycles. The molecule has 0 aliphatic rings. The van der Waals surface area contributed by atoms with Gasteiger partial charge in [-0.2, -0.15) is 0 Å². The predicted octanol–water partition coefficient (Wildman–Crippen LogP) is 1.88. The maximum absolute atomic E-state index is 12.4. The second-order valence-corrected chi connectivity index (χ2v) is 5.97. The van der Waals surface area contributed by atoms with E-state index in [0.717, 1.165) is 6.42 Å². The van der Waals surface area contributed by atoms with Gasteiger partial charge in [-0.05, 0) is 24.5 Å². The molecule has 1 aromatic heterocycles. The Labute approximate surface area is 139 Å². The van der Waals surface area contributed by atoms with Crippen molar-refractivity contribution in [1.29, 1.82) is 0 Å². The lowest BCUT2D eigenvalue weighted by Crippen LogP contribution is -2.41. The van der Waals surface area contributed by atoms with Crippen molar-refractivity contribution in [3.8, 4) is 5.69 Å². The number of carbonyl (C=O) groups is 1. The van der Waals surface area contributed by atoms with Gasteiger partial charge in [0.2, 0.25) is 0 Å². The number of imidazole rings is 1. The highest BCUT2D eigenvalue weighted by Crippen LogP contribution is 2.24. The Morgan fingerprint density at radius 3 is 2.75 bits per heavy atom. The number of rotatable bonds is 7.